The third-order valence-corrected chi connectivity index (χ3v) is 3.31. The Labute approximate surface area is 138 Å². The Balaban J connectivity index is 2.12. The third-order valence-electron chi connectivity index (χ3n) is 3.10. The topological polar surface area (TPSA) is 65.7 Å². The molecule has 0 saturated heterocycles. The summed E-state index contributed by atoms with van der Waals surface area (Å²) in [5, 5.41) is 7.96. The van der Waals surface area contributed by atoms with E-state index in [1.54, 1.807) is 0 Å². The number of pyridine rings is 2. The highest BCUT2D eigenvalue weighted by atomic mass is 35.5. The summed E-state index contributed by atoms with van der Waals surface area (Å²) in [6.07, 6.45) is 2.57. The molecule has 0 aliphatic rings. The Bertz CT molecular complexity index is 887. The Morgan fingerprint density at radius 1 is 1.21 bits per heavy atom. The van der Waals surface area contributed by atoms with Gasteiger partial charge in [-0.1, -0.05) is 11.6 Å². The summed E-state index contributed by atoms with van der Waals surface area (Å²) in [5.41, 5.74) is 0.0745. The number of alkyl halides is 2. The molecular formula is C14H9ClF3N5O. The van der Waals surface area contributed by atoms with Crippen molar-refractivity contribution in [1.29, 1.82) is 0 Å². The fraction of sp³-hybridized carbons (Fsp3) is 0.143. The van der Waals surface area contributed by atoms with Crippen LogP contribution in [0.15, 0.2) is 30.6 Å². The molecule has 0 amide bonds. The quantitative estimate of drug-likeness (QED) is 0.718. The second kappa shape index (κ2) is 6.44. The van der Waals surface area contributed by atoms with E-state index in [1.165, 1.54) is 42.2 Å². The number of hydrogen-bond acceptors (Lipinski definition) is 5. The standard InChI is InChI=1S/C14H9ClF3N5O/c1-23-11(8-5-7(15)6-20-13(8)24-14(17)18)21-22-12(23)10-9(16)3-2-4-19-10/h2-6,14H,1H3. The lowest BCUT2D eigenvalue weighted by molar-refractivity contribution is -0.0524. The predicted octanol–water partition coefficient (Wildman–Crippen LogP) is 3.33. The molecule has 10 heteroatoms. The minimum Gasteiger partial charge on any atom is -0.416 e. The molecule has 3 heterocycles. The number of nitrogens with zero attached hydrogens (tertiary/aromatic N) is 5. The van der Waals surface area contributed by atoms with Crippen LogP contribution in [-0.2, 0) is 7.05 Å². The average Bonchev–Trinajstić information content (AvgIpc) is 2.91. The number of hydrogen-bond donors (Lipinski definition) is 0. The minimum atomic E-state index is -3.07. The van der Waals surface area contributed by atoms with Gasteiger partial charge in [0.2, 0.25) is 5.88 Å². The molecule has 0 radical (unpaired) electrons. The minimum absolute atomic E-state index is 0.0231. The molecule has 0 N–H and O–H groups in total. The smallest absolute Gasteiger partial charge is 0.388 e. The maximum atomic E-state index is 13.9. The van der Waals surface area contributed by atoms with E-state index in [2.05, 4.69) is 24.9 Å². The Kier molecular flexibility index (Phi) is 4.34. The van der Waals surface area contributed by atoms with Gasteiger partial charge in [-0.3, -0.25) is 0 Å². The first kappa shape index (κ1) is 16.2. The molecular weight excluding hydrogens is 347 g/mol. The fourth-order valence-electron chi connectivity index (χ4n) is 2.09. The molecule has 0 spiro atoms. The van der Waals surface area contributed by atoms with E-state index in [1.807, 2.05) is 0 Å². The molecule has 0 aromatic carbocycles. The monoisotopic (exact) mass is 355 g/mol. The summed E-state index contributed by atoms with van der Waals surface area (Å²) in [5.74, 6) is -0.711. The highest BCUT2D eigenvalue weighted by Crippen LogP contribution is 2.32. The summed E-state index contributed by atoms with van der Waals surface area (Å²) in [6.45, 7) is -3.07. The molecule has 0 bridgehead atoms. The number of aromatic nitrogens is 5. The largest absolute Gasteiger partial charge is 0.416 e. The molecule has 0 aliphatic heterocycles. The van der Waals surface area contributed by atoms with Crippen molar-refractivity contribution in [3.8, 4) is 28.8 Å². The van der Waals surface area contributed by atoms with E-state index in [4.69, 9.17) is 11.6 Å². The predicted molar refractivity (Wildman–Crippen MR) is 79.1 cm³/mol. The van der Waals surface area contributed by atoms with Crippen LogP contribution in [0.3, 0.4) is 0 Å². The van der Waals surface area contributed by atoms with E-state index in [0.29, 0.717) is 0 Å². The lowest BCUT2D eigenvalue weighted by Gasteiger charge is -2.10. The van der Waals surface area contributed by atoms with E-state index in [9.17, 15) is 13.2 Å². The van der Waals surface area contributed by atoms with Gasteiger partial charge in [0.05, 0.1) is 10.6 Å². The molecule has 0 fully saturated rings. The van der Waals surface area contributed by atoms with E-state index in [-0.39, 0.29) is 33.8 Å². The van der Waals surface area contributed by atoms with E-state index < -0.39 is 12.4 Å². The van der Waals surface area contributed by atoms with Crippen LogP contribution in [0.5, 0.6) is 5.88 Å². The van der Waals surface area contributed by atoms with Crippen LogP contribution in [0.1, 0.15) is 0 Å². The first-order valence-electron chi connectivity index (χ1n) is 6.58. The maximum Gasteiger partial charge on any atom is 0.388 e. The zero-order valence-electron chi connectivity index (χ0n) is 12.1. The second-order valence-electron chi connectivity index (χ2n) is 4.62. The summed E-state index contributed by atoms with van der Waals surface area (Å²) >= 11 is 5.87. The van der Waals surface area contributed by atoms with Crippen LogP contribution in [-0.4, -0.2) is 31.3 Å². The van der Waals surface area contributed by atoms with Crippen LogP contribution in [0, 0.1) is 5.82 Å². The van der Waals surface area contributed by atoms with Crippen molar-refractivity contribution < 1.29 is 17.9 Å². The van der Waals surface area contributed by atoms with Gasteiger partial charge in [-0.25, -0.2) is 14.4 Å². The molecule has 6 nitrogen and oxygen atoms in total. The second-order valence-corrected chi connectivity index (χ2v) is 5.06. The average molecular weight is 356 g/mol. The van der Waals surface area contributed by atoms with Crippen molar-refractivity contribution >= 4 is 11.6 Å². The van der Waals surface area contributed by atoms with Gasteiger partial charge in [0.25, 0.3) is 0 Å². The fourth-order valence-corrected chi connectivity index (χ4v) is 2.24. The molecule has 124 valence electrons. The summed E-state index contributed by atoms with van der Waals surface area (Å²) in [6, 6.07) is 4.02. The molecule has 3 aromatic rings. The number of halogens is 4. The van der Waals surface area contributed by atoms with Crippen molar-refractivity contribution in [2.75, 3.05) is 0 Å². The lowest BCUT2D eigenvalue weighted by Crippen LogP contribution is -2.06. The highest BCUT2D eigenvalue weighted by molar-refractivity contribution is 6.30. The Hall–Kier alpha value is -2.68. The van der Waals surface area contributed by atoms with Crippen molar-refractivity contribution in [2.24, 2.45) is 7.05 Å². The summed E-state index contributed by atoms with van der Waals surface area (Å²) < 4.78 is 44.7. The van der Waals surface area contributed by atoms with E-state index >= 15 is 0 Å². The Morgan fingerprint density at radius 3 is 2.67 bits per heavy atom. The SMILES string of the molecule is Cn1c(-c2cc(Cl)cnc2OC(F)F)nnc1-c1ncccc1F. The molecule has 0 aliphatic carbocycles. The maximum absolute atomic E-state index is 13.9. The van der Waals surface area contributed by atoms with Gasteiger partial charge >= 0.3 is 6.61 Å². The Morgan fingerprint density at radius 2 is 1.96 bits per heavy atom. The van der Waals surface area contributed by atoms with Crippen LogP contribution >= 0.6 is 11.6 Å². The van der Waals surface area contributed by atoms with Gasteiger partial charge in [-0.15, -0.1) is 10.2 Å². The normalized spacial score (nSPS) is 11.1. The van der Waals surface area contributed by atoms with Gasteiger partial charge in [-0.05, 0) is 18.2 Å². The van der Waals surface area contributed by atoms with Gasteiger partial charge in [0, 0.05) is 19.4 Å². The van der Waals surface area contributed by atoms with Crippen molar-refractivity contribution in [1.82, 2.24) is 24.7 Å². The van der Waals surface area contributed by atoms with Crippen LogP contribution in [0.25, 0.3) is 22.9 Å². The first-order chi connectivity index (χ1) is 11.5. The van der Waals surface area contributed by atoms with Gasteiger partial charge < -0.3 is 9.30 Å². The van der Waals surface area contributed by atoms with Gasteiger partial charge in [0.1, 0.15) is 5.69 Å². The molecule has 0 atom stereocenters. The lowest BCUT2D eigenvalue weighted by atomic mass is 10.2. The number of ether oxygens (including phenoxy) is 1. The van der Waals surface area contributed by atoms with Gasteiger partial charge in [-0.2, -0.15) is 8.78 Å². The zero-order chi connectivity index (χ0) is 17.3. The molecule has 3 rings (SSSR count). The third kappa shape index (κ3) is 3.02. The van der Waals surface area contributed by atoms with Crippen molar-refractivity contribution in [3.63, 3.8) is 0 Å². The number of rotatable bonds is 4. The van der Waals surface area contributed by atoms with Crippen LogP contribution in [0.4, 0.5) is 13.2 Å². The van der Waals surface area contributed by atoms with Crippen LogP contribution in [0.2, 0.25) is 5.02 Å². The van der Waals surface area contributed by atoms with Crippen molar-refractivity contribution in [3.05, 3.63) is 41.4 Å². The first-order valence-corrected chi connectivity index (χ1v) is 6.96. The highest BCUT2D eigenvalue weighted by Gasteiger charge is 2.21. The molecule has 0 saturated carbocycles. The van der Waals surface area contributed by atoms with Gasteiger partial charge in [0.15, 0.2) is 17.5 Å². The van der Waals surface area contributed by atoms with Crippen molar-refractivity contribution in [2.45, 2.75) is 6.61 Å². The van der Waals surface area contributed by atoms with Crippen LogP contribution < -0.4 is 4.74 Å². The molecule has 3 aromatic heterocycles. The molecule has 0 unspecified atom stereocenters. The zero-order valence-corrected chi connectivity index (χ0v) is 12.9. The molecule has 24 heavy (non-hydrogen) atoms. The van der Waals surface area contributed by atoms with E-state index in [0.717, 1.165) is 0 Å². The summed E-state index contributed by atoms with van der Waals surface area (Å²) in [7, 11) is 1.53. The summed E-state index contributed by atoms with van der Waals surface area (Å²) in [4.78, 5) is 7.64.